The van der Waals surface area contributed by atoms with Crippen molar-refractivity contribution in [1.82, 2.24) is 0 Å². The number of ether oxygens (including phenoxy) is 1. The van der Waals surface area contributed by atoms with E-state index < -0.39 is 26.7 Å². The van der Waals surface area contributed by atoms with Crippen LogP contribution < -0.4 is 44.7 Å². The minimum absolute atomic E-state index is 0. The first-order valence-electron chi connectivity index (χ1n) is 11.2. The maximum atomic E-state index is 13.4. The predicted octanol–water partition coefficient (Wildman–Crippen LogP) is 3.85. The summed E-state index contributed by atoms with van der Waals surface area (Å²) in [5.74, 6) is -0.921. The van der Waals surface area contributed by atoms with Gasteiger partial charge in [-0.1, -0.05) is 53.2 Å². The van der Waals surface area contributed by atoms with Crippen molar-refractivity contribution in [3.8, 4) is 11.5 Å². The first-order chi connectivity index (χ1) is 18.0. The maximum absolute atomic E-state index is 13.4. The smallest absolute Gasteiger partial charge is 0.870 e. The molecule has 4 aromatic rings. The van der Waals surface area contributed by atoms with Crippen LogP contribution in [0.2, 0.25) is 10.0 Å². The second-order valence-electron chi connectivity index (χ2n) is 8.11. The summed E-state index contributed by atoms with van der Waals surface area (Å²) in [5, 5.41) is 25.2. The number of benzene rings is 4. The molecule has 9 nitrogen and oxygen atoms in total. The molecule has 0 fully saturated rings. The van der Waals surface area contributed by atoms with Crippen molar-refractivity contribution < 1.29 is 57.2 Å². The van der Waals surface area contributed by atoms with Gasteiger partial charge in [0.25, 0.3) is 16.0 Å². The molecule has 4 aromatic carbocycles. The Balaban J connectivity index is 0.00000420. The van der Waals surface area contributed by atoms with Crippen LogP contribution in [0.5, 0.6) is 11.5 Å². The van der Waals surface area contributed by atoms with Gasteiger partial charge in [-0.15, -0.1) is 0 Å². The van der Waals surface area contributed by atoms with Crippen molar-refractivity contribution in [3.63, 3.8) is 0 Å². The Hall–Kier alpha value is -2.70. The third kappa shape index (κ3) is 6.90. The van der Waals surface area contributed by atoms with Gasteiger partial charge >= 0.3 is 29.6 Å². The number of anilines is 1. The fourth-order valence-electron chi connectivity index (χ4n) is 3.70. The van der Waals surface area contributed by atoms with Gasteiger partial charge in [-0.05, 0) is 61.2 Å². The molecule has 0 saturated carbocycles. The SMILES string of the molecule is CCOc1ccc(NC(=O)c2cc3ccccc3c(N=Nc3cc(C)c(Cl)c(S(=O)(=O)O)c3)c2[O-])cc1Cl.[Na+]. The van der Waals surface area contributed by atoms with Crippen molar-refractivity contribution in [1.29, 1.82) is 0 Å². The standard InChI is InChI=1S/C26H21Cl2N3O6S.Na/c1-3-37-21-9-8-16(12-20(21)27)29-26(33)19-11-15-6-4-5-7-18(15)24(25(19)32)31-30-17-10-14(2)23(28)22(13-17)38(34,35)36;/h4-13,32H,3H2,1-2H3,(H,29,33)(H,34,35,36);/q;+1/p-1. The van der Waals surface area contributed by atoms with Gasteiger partial charge in [0.05, 0.1) is 28.0 Å². The number of fused-ring (bicyclic) bond motifs is 1. The average molecular weight is 596 g/mol. The molecule has 0 aliphatic rings. The summed E-state index contributed by atoms with van der Waals surface area (Å²) in [6.07, 6.45) is 0. The zero-order valence-corrected chi connectivity index (χ0v) is 25.4. The molecule has 0 heterocycles. The Morgan fingerprint density at radius 3 is 2.46 bits per heavy atom. The first-order valence-corrected chi connectivity index (χ1v) is 13.3. The molecule has 0 unspecified atom stereocenters. The van der Waals surface area contributed by atoms with E-state index in [9.17, 15) is 22.9 Å². The van der Waals surface area contributed by atoms with E-state index in [0.29, 0.717) is 39.4 Å². The molecule has 196 valence electrons. The van der Waals surface area contributed by atoms with Crippen LogP contribution >= 0.6 is 23.2 Å². The monoisotopic (exact) mass is 595 g/mol. The molecule has 0 radical (unpaired) electrons. The van der Waals surface area contributed by atoms with Crippen LogP contribution in [0.4, 0.5) is 17.1 Å². The summed E-state index contributed by atoms with van der Waals surface area (Å²) in [4.78, 5) is 12.6. The van der Waals surface area contributed by atoms with E-state index in [1.54, 1.807) is 36.4 Å². The average Bonchev–Trinajstić information content (AvgIpc) is 2.86. The molecule has 0 aliphatic heterocycles. The van der Waals surface area contributed by atoms with Gasteiger partial charge in [-0.2, -0.15) is 18.6 Å². The largest absolute Gasteiger partial charge is 1.00 e. The molecule has 0 atom stereocenters. The quantitative estimate of drug-likeness (QED) is 0.189. The molecule has 0 spiro atoms. The van der Waals surface area contributed by atoms with E-state index in [1.165, 1.54) is 25.1 Å². The van der Waals surface area contributed by atoms with Crippen molar-refractivity contribution in [2.24, 2.45) is 10.2 Å². The van der Waals surface area contributed by atoms with Gasteiger partial charge in [0.1, 0.15) is 10.6 Å². The number of rotatable bonds is 7. The number of halogens is 2. The number of amides is 1. The number of hydrogen-bond donors (Lipinski definition) is 2. The van der Waals surface area contributed by atoms with Gasteiger partial charge in [0.15, 0.2) is 0 Å². The summed E-state index contributed by atoms with van der Waals surface area (Å²) in [7, 11) is -4.63. The number of nitrogens with zero attached hydrogens (tertiary/aromatic N) is 2. The number of carbonyl (C=O) groups is 1. The predicted molar refractivity (Wildman–Crippen MR) is 144 cm³/mol. The van der Waals surface area contributed by atoms with Gasteiger partial charge in [-0.25, -0.2) is 0 Å². The molecular formula is C26H20Cl2N3NaO6S. The molecule has 4 rings (SSSR count). The zero-order chi connectivity index (χ0) is 27.6. The number of azo groups is 1. The van der Waals surface area contributed by atoms with Crippen LogP contribution in [0.1, 0.15) is 22.8 Å². The van der Waals surface area contributed by atoms with Crippen molar-refractivity contribution in [2.45, 2.75) is 18.7 Å². The number of carbonyl (C=O) groups excluding carboxylic acids is 1. The van der Waals surface area contributed by atoms with Gasteiger partial charge in [0, 0.05) is 16.6 Å². The van der Waals surface area contributed by atoms with E-state index in [0.717, 1.165) is 6.07 Å². The number of aryl methyl sites for hydroxylation is 1. The van der Waals surface area contributed by atoms with Crippen LogP contribution in [-0.2, 0) is 10.1 Å². The fraction of sp³-hybridized carbons (Fsp3) is 0.115. The summed E-state index contributed by atoms with van der Waals surface area (Å²) >= 11 is 12.2. The Kier molecular flexibility index (Phi) is 10.0. The minimum Gasteiger partial charge on any atom is -0.870 e. The zero-order valence-electron chi connectivity index (χ0n) is 21.0. The van der Waals surface area contributed by atoms with Crippen LogP contribution in [0.25, 0.3) is 10.8 Å². The third-order valence-electron chi connectivity index (χ3n) is 5.46. The van der Waals surface area contributed by atoms with Crippen LogP contribution in [-0.4, -0.2) is 25.5 Å². The topological polar surface area (TPSA) is 140 Å². The number of hydrogen-bond acceptors (Lipinski definition) is 7. The molecule has 0 aromatic heterocycles. The third-order valence-corrected chi connectivity index (χ3v) is 7.25. The Bertz CT molecular complexity index is 1710. The minimum atomic E-state index is -4.63. The van der Waals surface area contributed by atoms with E-state index in [-0.39, 0.29) is 51.5 Å². The van der Waals surface area contributed by atoms with E-state index in [4.69, 9.17) is 27.9 Å². The van der Waals surface area contributed by atoms with Crippen molar-refractivity contribution in [2.75, 3.05) is 11.9 Å². The van der Waals surface area contributed by atoms with Crippen LogP contribution in [0.15, 0.2) is 75.8 Å². The van der Waals surface area contributed by atoms with E-state index in [2.05, 4.69) is 15.5 Å². The van der Waals surface area contributed by atoms with E-state index in [1.807, 2.05) is 6.92 Å². The molecule has 39 heavy (non-hydrogen) atoms. The molecule has 1 amide bonds. The summed E-state index contributed by atoms with van der Waals surface area (Å²) in [5.41, 5.74) is 0.396. The molecule has 0 saturated heterocycles. The Morgan fingerprint density at radius 2 is 1.79 bits per heavy atom. The second kappa shape index (κ2) is 12.6. The summed E-state index contributed by atoms with van der Waals surface area (Å²) in [6.45, 7) is 3.77. The summed E-state index contributed by atoms with van der Waals surface area (Å²) < 4.78 is 38.3. The normalized spacial score (nSPS) is 11.4. The fourth-order valence-corrected chi connectivity index (χ4v) is 4.99. The van der Waals surface area contributed by atoms with Crippen molar-refractivity contribution >= 4 is 67.1 Å². The van der Waals surface area contributed by atoms with Crippen LogP contribution in [0.3, 0.4) is 0 Å². The Labute approximate surface area is 256 Å². The van der Waals surface area contributed by atoms with Gasteiger partial charge in [-0.3, -0.25) is 9.35 Å². The van der Waals surface area contributed by atoms with Gasteiger partial charge in [0.2, 0.25) is 0 Å². The Morgan fingerprint density at radius 1 is 1.08 bits per heavy atom. The molecule has 2 N–H and O–H groups in total. The van der Waals surface area contributed by atoms with E-state index >= 15 is 0 Å². The first kappa shape index (κ1) is 30.8. The summed E-state index contributed by atoms with van der Waals surface area (Å²) in [6, 6.07) is 15.4. The molecule has 0 bridgehead atoms. The molecular weight excluding hydrogens is 576 g/mol. The molecule has 13 heteroatoms. The van der Waals surface area contributed by atoms with Gasteiger partial charge < -0.3 is 15.2 Å². The molecule has 0 aliphatic carbocycles. The second-order valence-corrected chi connectivity index (χ2v) is 10.3. The maximum Gasteiger partial charge on any atom is 1.00 e. The van der Waals surface area contributed by atoms with Crippen molar-refractivity contribution in [3.05, 3.63) is 81.8 Å². The number of nitrogens with one attached hydrogen (secondary N) is 1. The van der Waals surface area contributed by atoms with Crippen LogP contribution in [0, 0.1) is 6.92 Å².